The molecule has 0 radical (unpaired) electrons. The van der Waals surface area contributed by atoms with Crippen molar-refractivity contribution < 1.29 is 9.18 Å². The van der Waals surface area contributed by atoms with Crippen molar-refractivity contribution in [1.82, 2.24) is 0 Å². The highest BCUT2D eigenvalue weighted by molar-refractivity contribution is 5.97. The van der Waals surface area contributed by atoms with Crippen molar-refractivity contribution in [2.75, 3.05) is 11.4 Å². The maximum atomic E-state index is 13.0. The highest BCUT2D eigenvalue weighted by Gasteiger charge is 2.26. The number of rotatable bonds is 1. The molecule has 0 aromatic heterocycles. The van der Waals surface area contributed by atoms with Crippen LogP contribution < -0.4 is 10.6 Å². The maximum Gasteiger partial charge on any atom is 0.243 e. The highest BCUT2D eigenvalue weighted by Crippen LogP contribution is 2.20. The predicted molar refractivity (Wildman–Crippen MR) is 56.0 cm³/mol. The summed E-state index contributed by atoms with van der Waals surface area (Å²) in [4.78, 5) is 13.3. The Morgan fingerprint density at radius 1 is 1.47 bits per heavy atom. The minimum Gasteiger partial charge on any atom is -0.320 e. The van der Waals surface area contributed by atoms with Gasteiger partial charge in [0.2, 0.25) is 5.91 Å². The molecule has 1 atom stereocenters. The number of piperidine rings is 1. The predicted octanol–water partition coefficient (Wildman–Crippen LogP) is 1.28. The Morgan fingerprint density at radius 2 is 2.27 bits per heavy atom. The molecular weight excluding hydrogens is 195 g/mol. The van der Waals surface area contributed by atoms with Crippen LogP contribution in [0.25, 0.3) is 0 Å². The summed E-state index contributed by atoms with van der Waals surface area (Å²) in [6.45, 7) is 0.621. The number of carbonyl (C=O) groups is 1. The van der Waals surface area contributed by atoms with E-state index in [2.05, 4.69) is 0 Å². The lowest BCUT2D eigenvalue weighted by Gasteiger charge is -2.30. The van der Waals surface area contributed by atoms with Crippen LogP contribution in [0, 0.1) is 5.82 Å². The van der Waals surface area contributed by atoms with Crippen molar-refractivity contribution in [2.24, 2.45) is 5.73 Å². The summed E-state index contributed by atoms with van der Waals surface area (Å²) < 4.78 is 13.0. The molecule has 1 aromatic carbocycles. The van der Waals surface area contributed by atoms with Crippen LogP contribution in [0.4, 0.5) is 10.1 Å². The van der Waals surface area contributed by atoms with Crippen LogP contribution in [0.1, 0.15) is 12.8 Å². The first-order valence-corrected chi connectivity index (χ1v) is 5.01. The molecule has 1 aromatic rings. The Bertz CT molecular complexity index is 381. The van der Waals surface area contributed by atoms with Crippen LogP contribution in [0.3, 0.4) is 0 Å². The third-order valence-electron chi connectivity index (χ3n) is 2.60. The quantitative estimate of drug-likeness (QED) is 0.755. The summed E-state index contributed by atoms with van der Waals surface area (Å²) >= 11 is 0. The molecule has 1 amide bonds. The van der Waals surface area contributed by atoms with Crippen LogP contribution in [-0.4, -0.2) is 18.5 Å². The van der Waals surface area contributed by atoms with Crippen LogP contribution in [0.2, 0.25) is 0 Å². The van der Waals surface area contributed by atoms with Gasteiger partial charge in [-0.2, -0.15) is 0 Å². The Labute approximate surface area is 87.7 Å². The number of amides is 1. The van der Waals surface area contributed by atoms with E-state index in [0.717, 1.165) is 6.42 Å². The van der Waals surface area contributed by atoms with E-state index >= 15 is 0 Å². The largest absolute Gasteiger partial charge is 0.320 e. The van der Waals surface area contributed by atoms with Crippen LogP contribution in [-0.2, 0) is 4.79 Å². The van der Waals surface area contributed by atoms with Crippen molar-refractivity contribution >= 4 is 11.6 Å². The van der Waals surface area contributed by atoms with Gasteiger partial charge in [-0.3, -0.25) is 4.79 Å². The number of hydrogen-bond acceptors (Lipinski definition) is 2. The molecule has 4 heteroatoms. The molecule has 3 nitrogen and oxygen atoms in total. The third kappa shape index (κ3) is 1.99. The fraction of sp³-hybridized carbons (Fsp3) is 0.364. The molecule has 1 aliphatic heterocycles. The molecule has 2 rings (SSSR count). The highest BCUT2D eigenvalue weighted by atomic mass is 19.1. The number of carbonyl (C=O) groups excluding carboxylic acids is 1. The van der Waals surface area contributed by atoms with Gasteiger partial charge in [-0.25, -0.2) is 4.39 Å². The second-order valence-electron chi connectivity index (χ2n) is 3.72. The molecule has 1 fully saturated rings. The van der Waals surface area contributed by atoms with Gasteiger partial charge in [0.15, 0.2) is 0 Å². The van der Waals surface area contributed by atoms with E-state index in [1.54, 1.807) is 17.0 Å². The molecule has 1 heterocycles. The second kappa shape index (κ2) is 3.98. The Kier molecular flexibility index (Phi) is 2.68. The van der Waals surface area contributed by atoms with Gasteiger partial charge < -0.3 is 10.6 Å². The van der Waals surface area contributed by atoms with Crippen molar-refractivity contribution in [2.45, 2.75) is 18.9 Å². The molecule has 1 aliphatic rings. The number of hydrogen-bond donors (Lipinski definition) is 1. The monoisotopic (exact) mass is 208 g/mol. The molecule has 0 spiro atoms. The van der Waals surface area contributed by atoms with E-state index in [4.69, 9.17) is 5.73 Å². The Morgan fingerprint density at radius 3 is 3.00 bits per heavy atom. The summed E-state index contributed by atoms with van der Waals surface area (Å²) in [5.41, 5.74) is 6.25. The molecule has 0 bridgehead atoms. The summed E-state index contributed by atoms with van der Waals surface area (Å²) in [5, 5.41) is 0. The van der Waals surface area contributed by atoms with Crippen LogP contribution in [0.5, 0.6) is 0 Å². The standard InChI is InChI=1S/C11H13FN2O/c12-8-3-1-4-9(7-8)14-6-2-5-10(13)11(14)15/h1,3-4,7,10H,2,5-6,13H2/t10-/m1/s1. The average Bonchev–Trinajstić information content (AvgIpc) is 2.22. The maximum absolute atomic E-state index is 13.0. The molecule has 80 valence electrons. The zero-order valence-corrected chi connectivity index (χ0v) is 8.32. The van der Waals surface area contributed by atoms with Gasteiger partial charge in [0, 0.05) is 12.2 Å². The van der Waals surface area contributed by atoms with Crippen molar-refractivity contribution in [3.63, 3.8) is 0 Å². The first kappa shape index (κ1) is 10.1. The zero-order chi connectivity index (χ0) is 10.8. The number of nitrogens with two attached hydrogens (primary N) is 1. The van der Waals surface area contributed by atoms with E-state index in [-0.39, 0.29) is 11.7 Å². The van der Waals surface area contributed by atoms with Gasteiger partial charge in [0.1, 0.15) is 5.82 Å². The second-order valence-corrected chi connectivity index (χ2v) is 3.72. The molecule has 0 aliphatic carbocycles. The van der Waals surface area contributed by atoms with Gasteiger partial charge in [-0.05, 0) is 31.0 Å². The van der Waals surface area contributed by atoms with Crippen LogP contribution in [0.15, 0.2) is 24.3 Å². The first-order valence-electron chi connectivity index (χ1n) is 5.01. The van der Waals surface area contributed by atoms with Crippen molar-refractivity contribution in [1.29, 1.82) is 0 Å². The van der Waals surface area contributed by atoms with Crippen molar-refractivity contribution in [3.8, 4) is 0 Å². The van der Waals surface area contributed by atoms with Crippen LogP contribution >= 0.6 is 0 Å². The lowest BCUT2D eigenvalue weighted by Crippen LogP contribution is -2.48. The van der Waals surface area contributed by atoms with Gasteiger partial charge in [-0.15, -0.1) is 0 Å². The van der Waals surface area contributed by atoms with Gasteiger partial charge in [0.25, 0.3) is 0 Å². The van der Waals surface area contributed by atoms with E-state index < -0.39 is 6.04 Å². The number of anilines is 1. The SMILES string of the molecule is N[C@@H]1CCCN(c2cccc(F)c2)C1=O. The number of halogens is 1. The molecule has 2 N–H and O–H groups in total. The van der Waals surface area contributed by atoms with Gasteiger partial charge in [0.05, 0.1) is 6.04 Å². The average molecular weight is 208 g/mol. The normalized spacial score (nSPS) is 21.9. The minimum atomic E-state index is -0.443. The van der Waals surface area contributed by atoms with Crippen molar-refractivity contribution in [3.05, 3.63) is 30.1 Å². The minimum absolute atomic E-state index is 0.119. The van der Waals surface area contributed by atoms with E-state index in [0.29, 0.717) is 18.7 Å². The topological polar surface area (TPSA) is 46.3 Å². The molecule has 15 heavy (non-hydrogen) atoms. The zero-order valence-electron chi connectivity index (χ0n) is 8.32. The fourth-order valence-corrected chi connectivity index (χ4v) is 1.80. The molecule has 0 saturated carbocycles. The molecular formula is C11H13FN2O. The Balaban J connectivity index is 2.26. The summed E-state index contributed by atoms with van der Waals surface area (Å²) in [6, 6.07) is 5.59. The first-order chi connectivity index (χ1) is 7.18. The number of benzene rings is 1. The van der Waals surface area contributed by atoms with E-state index in [1.807, 2.05) is 0 Å². The van der Waals surface area contributed by atoms with Gasteiger partial charge >= 0.3 is 0 Å². The summed E-state index contributed by atoms with van der Waals surface area (Å²) in [7, 11) is 0. The smallest absolute Gasteiger partial charge is 0.243 e. The van der Waals surface area contributed by atoms with E-state index in [1.165, 1.54) is 12.1 Å². The van der Waals surface area contributed by atoms with Gasteiger partial charge in [-0.1, -0.05) is 6.07 Å². The summed E-state index contributed by atoms with van der Waals surface area (Å²) in [6.07, 6.45) is 1.58. The van der Waals surface area contributed by atoms with E-state index in [9.17, 15) is 9.18 Å². The number of nitrogens with zero attached hydrogens (tertiary/aromatic N) is 1. The lowest BCUT2D eigenvalue weighted by atomic mass is 10.0. The molecule has 0 unspecified atom stereocenters. The Hall–Kier alpha value is -1.42. The third-order valence-corrected chi connectivity index (χ3v) is 2.60. The summed E-state index contributed by atoms with van der Waals surface area (Å²) in [5.74, 6) is -0.453. The lowest BCUT2D eigenvalue weighted by molar-refractivity contribution is -0.120. The fourth-order valence-electron chi connectivity index (χ4n) is 1.80. The molecule has 1 saturated heterocycles.